The molecular weight excluding hydrogens is 416 g/mol. The Morgan fingerprint density at radius 3 is 2.30 bits per heavy atom. The van der Waals surface area contributed by atoms with Crippen LogP contribution in [0.1, 0.15) is 90.5 Å². The summed E-state index contributed by atoms with van der Waals surface area (Å²) in [6.45, 7) is 11.9. The topological polar surface area (TPSA) is 98.0 Å². The molecule has 0 aliphatic heterocycles. The number of rotatable bonds is 5. The number of hydrogen-bond donors (Lipinski definition) is 4. The second-order valence-corrected chi connectivity index (χ2v) is 12.9. The number of carbonyl (C=O) groups is 1. The smallest absolute Gasteiger partial charge is 0.136 e. The summed E-state index contributed by atoms with van der Waals surface area (Å²) in [5, 5.41) is 43.0. The van der Waals surface area contributed by atoms with E-state index in [9.17, 15) is 25.2 Å². The van der Waals surface area contributed by atoms with Gasteiger partial charge in [0.2, 0.25) is 0 Å². The molecule has 4 rings (SSSR count). The molecule has 0 bridgehead atoms. The van der Waals surface area contributed by atoms with Crippen LogP contribution in [0.25, 0.3) is 0 Å². The fourth-order valence-electron chi connectivity index (χ4n) is 8.38. The average Bonchev–Trinajstić information content (AvgIpc) is 2.94. The Labute approximate surface area is 204 Å². The molecule has 0 amide bonds. The molecular formula is C28H48O5. The minimum absolute atomic E-state index is 0.0354. The van der Waals surface area contributed by atoms with Crippen molar-refractivity contribution in [3.63, 3.8) is 0 Å². The van der Waals surface area contributed by atoms with Gasteiger partial charge in [-0.3, -0.25) is 4.79 Å². The van der Waals surface area contributed by atoms with E-state index in [1.807, 2.05) is 41.5 Å². The standard InChI is InChI=1S/C28H48O5/c1-14(2)15(3)25(32)26(33)16(4)18-7-8-19-17-11-22(29)21-12-23(30)24(31)13-28(21,6)20(17)9-10-27(18,19)5/h14-21,23-26,30-33H,7-13H2,1-6H3/t15-,16-,17-,18+,19-,20-,21+,23-,24+,25+,26+,27+,28+/m0/s1/i7D,8D2/t7?,15-,16-,17-,18+,19-,20-,21+,23-,24+,25+,26+,27+,28+. The molecule has 4 saturated carbocycles. The van der Waals surface area contributed by atoms with Gasteiger partial charge < -0.3 is 20.4 Å². The Kier molecular flexibility index (Phi) is 5.85. The van der Waals surface area contributed by atoms with Gasteiger partial charge in [-0.2, -0.15) is 0 Å². The lowest BCUT2D eigenvalue weighted by Gasteiger charge is -2.61. The van der Waals surface area contributed by atoms with Crippen molar-refractivity contribution in [3.8, 4) is 0 Å². The fraction of sp³-hybridized carbons (Fsp3) is 0.964. The molecule has 4 fully saturated rings. The number of hydrogen-bond acceptors (Lipinski definition) is 5. The number of fused-ring (bicyclic) bond motifs is 5. The summed E-state index contributed by atoms with van der Waals surface area (Å²) in [7, 11) is 0. The number of aliphatic hydroxyl groups excluding tert-OH is 4. The maximum atomic E-state index is 13.4. The summed E-state index contributed by atoms with van der Waals surface area (Å²) in [5.74, 6) is -1.89. The number of aliphatic hydroxyl groups is 4. The predicted molar refractivity (Wildman–Crippen MR) is 128 cm³/mol. The molecule has 190 valence electrons. The van der Waals surface area contributed by atoms with Crippen LogP contribution in [0.5, 0.6) is 0 Å². The molecule has 4 aliphatic rings. The molecule has 4 N–H and O–H groups in total. The molecule has 4 aliphatic carbocycles. The Hall–Kier alpha value is -0.490. The minimum Gasteiger partial charge on any atom is -0.390 e. The number of carbonyl (C=O) groups excluding carboxylic acids is 1. The minimum atomic E-state index is -1.85. The van der Waals surface area contributed by atoms with E-state index in [0.717, 1.165) is 6.42 Å². The van der Waals surface area contributed by atoms with Crippen molar-refractivity contribution in [2.45, 2.75) is 111 Å². The van der Waals surface area contributed by atoms with Crippen molar-refractivity contribution in [1.82, 2.24) is 0 Å². The lowest BCUT2D eigenvalue weighted by molar-refractivity contribution is -0.175. The Balaban J connectivity index is 1.69. The van der Waals surface area contributed by atoms with Crippen LogP contribution in [0.3, 0.4) is 0 Å². The summed E-state index contributed by atoms with van der Waals surface area (Å²) >= 11 is 0. The van der Waals surface area contributed by atoms with Crippen molar-refractivity contribution in [3.05, 3.63) is 0 Å². The van der Waals surface area contributed by atoms with Crippen LogP contribution in [0.4, 0.5) is 0 Å². The highest BCUT2D eigenvalue weighted by Crippen LogP contribution is 2.67. The van der Waals surface area contributed by atoms with Crippen molar-refractivity contribution >= 4 is 5.78 Å². The Morgan fingerprint density at radius 2 is 1.67 bits per heavy atom. The highest BCUT2D eigenvalue weighted by Gasteiger charge is 2.63. The second kappa shape index (κ2) is 8.87. The molecule has 5 nitrogen and oxygen atoms in total. The SMILES string of the molecule is [2H]C1[C@H]([C@H](C)[C@@H](O)[C@H](O)[C@@H](C)C(C)C)[C@@]2(C)CC[C@H]3[C@@H](CC(=O)[C@H]4C[C@H](O)[C@H](O)C[C@@]43C)[C@@H]2C1([2H])[2H]. The van der Waals surface area contributed by atoms with Gasteiger partial charge in [0.1, 0.15) is 5.78 Å². The van der Waals surface area contributed by atoms with Crippen LogP contribution in [-0.2, 0) is 4.79 Å². The molecule has 1 unspecified atom stereocenters. The van der Waals surface area contributed by atoms with Gasteiger partial charge in [0, 0.05) is 16.5 Å². The van der Waals surface area contributed by atoms with Crippen LogP contribution in [0.2, 0.25) is 0 Å². The quantitative estimate of drug-likeness (QED) is 0.493. The Morgan fingerprint density at radius 1 is 1.00 bits per heavy atom. The van der Waals surface area contributed by atoms with Gasteiger partial charge in [0.05, 0.1) is 24.4 Å². The van der Waals surface area contributed by atoms with Gasteiger partial charge in [-0.15, -0.1) is 0 Å². The second-order valence-electron chi connectivity index (χ2n) is 12.9. The maximum Gasteiger partial charge on any atom is 0.136 e. The van der Waals surface area contributed by atoms with E-state index >= 15 is 0 Å². The van der Waals surface area contributed by atoms with Gasteiger partial charge in [-0.1, -0.05) is 41.5 Å². The molecule has 5 heteroatoms. The first-order chi connectivity index (χ1) is 16.5. The zero-order chi connectivity index (χ0) is 27.1. The monoisotopic (exact) mass is 467 g/mol. The lowest BCUT2D eigenvalue weighted by atomic mass is 9.44. The maximum absolute atomic E-state index is 13.4. The first-order valence-electron chi connectivity index (χ1n) is 14.7. The summed E-state index contributed by atoms with van der Waals surface area (Å²) in [5.41, 5.74) is -1.09. The van der Waals surface area contributed by atoms with Gasteiger partial charge in [0.15, 0.2) is 0 Å². The largest absolute Gasteiger partial charge is 0.390 e. The lowest BCUT2D eigenvalue weighted by Crippen LogP contribution is -2.59. The molecule has 0 spiro atoms. The van der Waals surface area contributed by atoms with Gasteiger partial charge in [-0.25, -0.2) is 0 Å². The van der Waals surface area contributed by atoms with E-state index in [-0.39, 0.29) is 48.2 Å². The van der Waals surface area contributed by atoms with E-state index in [1.165, 1.54) is 0 Å². The van der Waals surface area contributed by atoms with E-state index in [4.69, 9.17) is 4.11 Å². The molecule has 0 saturated heterocycles. The van der Waals surface area contributed by atoms with Crippen molar-refractivity contribution in [1.29, 1.82) is 0 Å². The predicted octanol–water partition coefficient (Wildman–Crippen LogP) is 3.81. The molecule has 0 aromatic carbocycles. The zero-order valence-electron chi connectivity index (χ0n) is 24.2. The van der Waals surface area contributed by atoms with Crippen molar-refractivity contribution in [2.75, 3.05) is 0 Å². The van der Waals surface area contributed by atoms with Crippen molar-refractivity contribution < 1.29 is 29.3 Å². The highest BCUT2D eigenvalue weighted by molar-refractivity contribution is 5.83. The van der Waals surface area contributed by atoms with Crippen LogP contribution in [0, 0.1) is 58.2 Å². The summed E-state index contributed by atoms with van der Waals surface area (Å²) in [6, 6.07) is 0. The van der Waals surface area contributed by atoms with Crippen molar-refractivity contribution in [2.24, 2.45) is 58.2 Å². The highest BCUT2D eigenvalue weighted by atomic mass is 16.3. The van der Waals surface area contributed by atoms with Crippen LogP contribution >= 0.6 is 0 Å². The van der Waals surface area contributed by atoms with Gasteiger partial charge >= 0.3 is 0 Å². The summed E-state index contributed by atoms with van der Waals surface area (Å²) in [4.78, 5) is 13.4. The van der Waals surface area contributed by atoms with E-state index in [0.29, 0.717) is 12.8 Å². The van der Waals surface area contributed by atoms with E-state index < -0.39 is 65.8 Å². The van der Waals surface area contributed by atoms with Crippen LogP contribution in [0.15, 0.2) is 0 Å². The third kappa shape index (κ3) is 3.93. The first kappa shape index (κ1) is 21.8. The number of Topliss-reactive ketones (excluding diaryl/α,β-unsaturated/α-hetero) is 1. The van der Waals surface area contributed by atoms with E-state index in [2.05, 4.69) is 0 Å². The summed E-state index contributed by atoms with van der Waals surface area (Å²) < 4.78 is 27.4. The Bertz CT molecular complexity index is 853. The molecule has 0 radical (unpaired) electrons. The first-order valence-corrected chi connectivity index (χ1v) is 13.2. The third-order valence-electron chi connectivity index (χ3n) is 11.0. The van der Waals surface area contributed by atoms with Crippen LogP contribution < -0.4 is 0 Å². The van der Waals surface area contributed by atoms with Crippen LogP contribution in [-0.4, -0.2) is 50.6 Å². The summed E-state index contributed by atoms with van der Waals surface area (Å²) in [6.07, 6.45) is -4.43. The molecule has 0 heterocycles. The molecule has 14 atom stereocenters. The zero-order valence-corrected chi connectivity index (χ0v) is 21.2. The molecule has 33 heavy (non-hydrogen) atoms. The average molecular weight is 468 g/mol. The fourth-order valence-corrected chi connectivity index (χ4v) is 8.38. The third-order valence-corrected chi connectivity index (χ3v) is 11.0. The van der Waals surface area contributed by atoms with Gasteiger partial charge in [-0.05, 0) is 90.7 Å². The number of ketones is 1. The normalized spacial score (nSPS) is 54.2. The van der Waals surface area contributed by atoms with E-state index in [1.54, 1.807) is 0 Å². The van der Waals surface area contributed by atoms with Gasteiger partial charge in [0.25, 0.3) is 0 Å². The molecule has 0 aromatic heterocycles. The molecule has 0 aromatic rings.